The smallest absolute Gasteiger partial charge is 0.261 e. The van der Waals surface area contributed by atoms with E-state index in [1.54, 1.807) is 31.2 Å². The summed E-state index contributed by atoms with van der Waals surface area (Å²) in [7, 11) is -8.03. The summed E-state index contributed by atoms with van der Waals surface area (Å²) in [5.74, 6) is 0.538. The molecule has 0 saturated heterocycles. The molecule has 1 saturated carbocycles. The number of aryl methyl sites for hydroxylation is 1. The molecule has 2 aromatic rings. The molecule has 0 spiro atoms. The number of hydrogen-bond donors (Lipinski definition) is 2. The van der Waals surface area contributed by atoms with Gasteiger partial charge in [0.15, 0.2) is 0 Å². The van der Waals surface area contributed by atoms with Gasteiger partial charge in [-0.2, -0.15) is 4.31 Å². The third-order valence-corrected chi connectivity index (χ3v) is 9.24. The molecule has 2 aromatic carbocycles. The van der Waals surface area contributed by atoms with E-state index in [2.05, 4.69) is 11.6 Å². The first kappa shape index (κ1) is 24.7. The van der Waals surface area contributed by atoms with E-state index < -0.39 is 26.2 Å². The minimum absolute atomic E-state index is 0.00662. The van der Waals surface area contributed by atoms with Crippen molar-refractivity contribution in [1.29, 1.82) is 0 Å². The molecular formula is C23H32N2O5S2. The van der Waals surface area contributed by atoms with E-state index in [-0.39, 0.29) is 28.1 Å². The fourth-order valence-corrected chi connectivity index (χ4v) is 7.12. The Morgan fingerprint density at radius 2 is 1.59 bits per heavy atom. The quantitative estimate of drug-likeness (QED) is 0.599. The lowest BCUT2D eigenvalue weighted by molar-refractivity contribution is 0.130. The lowest BCUT2D eigenvalue weighted by Crippen LogP contribution is -2.45. The van der Waals surface area contributed by atoms with Crippen LogP contribution in [0.25, 0.3) is 0 Å². The standard InChI is InChI=1S/C23H32N2O5S2/c1-17-8-12-20(13-9-17)25(16-19(3)26)32(29,30)23-7-5-4-6-22(23)24-31(27,28)21-14-10-18(2)11-15-21/h4-7,10-11,14-15,17,19-20,24,26H,8-9,12-13,16H2,1-3H3. The molecule has 1 fully saturated rings. The summed E-state index contributed by atoms with van der Waals surface area (Å²) >= 11 is 0. The topological polar surface area (TPSA) is 104 Å². The molecule has 0 heterocycles. The highest BCUT2D eigenvalue weighted by Crippen LogP contribution is 2.33. The number of nitrogens with zero attached hydrogens (tertiary/aromatic N) is 1. The average molecular weight is 481 g/mol. The second kappa shape index (κ2) is 9.91. The Kier molecular flexibility index (Phi) is 7.65. The molecule has 2 N–H and O–H groups in total. The molecule has 1 aliphatic rings. The summed E-state index contributed by atoms with van der Waals surface area (Å²) in [5.41, 5.74) is 0.912. The van der Waals surface area contributed by atoms with Crippen molar-refractivity contribution in [2.75, 3.05) is 11.3 Å². The maximum absolute atomic E-state index is 13.7. The van der Waals surface area contributed by atoms with Crippen LogP contribution in [-0.4, -0.2) is 44.9 Å². The highest BCUT2D eigenvalue weighted by Gasteiger charge is 2.36. The van der Waals surface area contributed by atoms with Gasteiger partial charge in [-0.15, -0.1) is 0 Å². The zero-order valence-electron chi connectivity index (χ0n) is 18.7. The van der Waals surface area contributed by atoms with Crippen molar-refractivity contribution in [1.82, 2.24) is 4.31 Å². The van der Waals surface area contributed by atoms with Crippen molar-refractivity contribution in [2.24, 2.45) is 5.92 Å². The Labute approximate surface area is 191 Å². The van der Waals surface area contributed by atoms with Crippen LogP contribution in [0, 0.1) is 12.8 Å². The molecule has 1 unspecified atom stereocenters. The van der Waals surface area contributed by atoms with Gasteiger partial charge < -0.3 is 5.11 Å². The van der Waals surface area contributed by atoms with Crippen LogP contribution in [0.2, 0.25) is 0 Å². The van der Waals surface area contributed by atoms with Crippen LogP contribution in [0.1, 0.15) is 45.1 Å². The Morgan fingerprint density at radius 3 is 2.19 bits per heavy atom. The van der Waals surface area contributed by atoms with E-state index in [0.717, 1.165) is 18.4 Å². The lowest BCUT2D eigenvalue weighted by atomic mass is 9.87. The maximum atomic E-state index is 13.7. The number of anilines is 1. The van der Waals surface area contributed by atoms with Gasteiger partial charge in [-0.3, -0.25) is 4.72 Å². The van der Waals surface area contributed by atoms with Crippen LogP contribution in [-0.2, 0) is 20.0 Å². The number of hydrogen-bond acceptors (Lipinski definition) is 5. The van der Waals surface area contributed by atoms with Crippen molar-refractivity contribution in [3.05, 3.63) is 54.1 Å². The summed E-state index contributed by atoms with van der Waals surface area (Å²) in [6, 6.07) is 12.1. The molecule has 1 atom stereocenters. The molecular weight excluding hydrogens is 448 g/mol. The van der Waals surface area contributed by atoms with Crippen LogP contribution >= 0.6 is 0 Å². The van der Waals surface area contributed by atoms with E-state index in [1.807, 2.05) is 6.92 Å². The highest BCUT2D eigenvalue weighted by atomic mass is 32.2. The van der Waals surface area contributed by atoms with Gasteiger partial charge in [-0.25, -0.2) is 16.8 Å². The molecule has 0 aliphatic heterocycles. The van der Waals surface area contributed by atoms with Crippen LogP contribution in [0.4, 0.5) is 5.69 Å². The summed E-state index contributed by atoms with van der Waals surface area (Å²) in [4.78, 5) is -0.0626. The van der Waals surface area contributed by atoms with Crippen molar-refractivity contribution in [3.8, 4) is 0 Å². The second-order valence-electron chi connectivity index (χ2n) is 8.75. The number of rotatable bonds is 8. The number of aliphatic hydroxyl groups excluding tert-OH is 1. The predicted molar refractivity (Wildman–Crippen MR) is 125 cm³/mol. The first-order valence-electron chi connectivity index (χ1n) is 10.9. The third kappa shape index (κ3) is 5.70. The molecule has 3 rings (SSSR count). The van der Waals surface area contributed by atoms with E-state index in [4.69, 9.17) is 0 Å². The van der Waals surface area contributed by atoms with Crippen LogP contribution < -0.4 is 4.72 Å². The van der Waals surface area contributed by atoms with Crippen molar-refractivity contribution in [2.45, 2.75) is 68.4 Å². The largest absolute Gasteiger partial charge is 0.392 e. The molecule has 7 nitrogen and oxygen atoms in total. The predicted octanol–water partition coefficient (Wildman–Crippen LogP) is 3.75. The Morgan fingerprint density at radius 1 is 1.00 bits per heavy atom. The Bertz CT molecular complexity index is 1120. The molecule has 1 aliphatic carbocycles. The highest BCUT2D eigenvalue weighted by molar-refractivity contribution is 7.93. The average Bonchev–Trinajstić information content (AvgIpc) is 2.73. The van der Waals surface area contributed by atoms with Crippen molar-refractivity contribution >= 4 is 25.7 Å². The van der Waals surface area contributed by atoms with Gasteiger partial charge >= 0.3 is 0 Å². The molecule has 0 aromatic heterocycles. The summed E-state index contributed by atoms with van der Waals surface area (Å²) in [6.45, 7) is 5.52. The van der Waals surface area contributed by atoms with E-state index >= 15 is 0 Å². The van der Waals surface area contributed by atoms with Crippen LogP contribution in [0.5, 0.6) is 0 Å². The molecule has 9 heteroatoms. The summed E-state index contributed by atoms with van der Waals surface area (Å²) in [5, 5.41) is 10.0. The van der Waals surface area contributed by atoms with E-state index in [0.29, 0.717) is 18.8 Å². The van der Waals surface area contributed by atoms with Gasteiger partial charge in [0.2, 0.25) is 10.0 Å². The Hall–Kier alpha value is -1.94. The fraction of sp³-hybridized carbons (Fsp3) is 0.478. The molecule has 0 radical (unpaired) electrons. The van der Waals surface area contributed by atoms with Gasteiger partial charge in [0.1, 0.15) is 4.90 Å². The number of benzene rings is 2. The van der Waals surface area contributed by atoms with Crippen LogP contribution in [0.15, 0.2) is 58.3 Å². The third-order valence-electron chi connectivity index (χ3n) is 5.89. The summed E-state index contributed by atoms with van der Waals surface area (Å²) in [6.07, 6.45) is 2.41. The first-order chi connectivity index (χ1) is 15.0. The summed E-state index contributed by atoms with van der Waals surface area (Å²) < 4.78 is 57.1. The monoisotopic (exact) mass is 480 g/mol. The normalized spacial score (nSPS) is 20.8. The molecule has 176 valence electrons. The molecule has 0 bridgehead atoms. The molecule has 32 heavy (non-hydrogen) atoms. The SMILES string of the molecule is Cc1ccc(S(=O)(=O)Nc2ccccc2S(=O)(=O)N(CC(C)O)C2CCC(C)CC2)cc1. The van der Waals surface area contributed by atoms with E-state index in [1.165, 1.54) is 28.6 Å². The number of nitrogens with one attached hydrogen (secondary N) is 1. The number of para-hydroxylation sites is 1. The number of aliphatic hydroxyl groups is 1. The van der Waals surface area contributed by atoms with E-state index in [9.17, 15) is 21.9 Å². The minimum Gasteiger partial charge on any atom is -0.392 e. The van der Waals surface area contributed by atoms with Gasteiger partial charge in [-0.05, 0) is 69.7 Å². The van der Waals surface area contributed by atoms with Gasteiger partial charge in [-0.1, -0.05) is 36.8 Å². The van der Waals surface area contributed by atoms with Gasteiger partial charge in [0.05, 0.1) is 16.7 Å². The maximum Gasteiger partial charge on any atom is 0.261 e. The van der Waals surface area contributed by atoms with Crippen LogP contribution in [0.3, 0.4) is 0 Å². The van der Waals surface area contributed by atoms with Crippen molar-refractivity contribution in [3.63, 3.8) is 0 Å². The fourth-order valence-electron chi connectivity index (χ4n) is 4.06. The van der Waals surface area contributed by atoms with Crippen molar-refractivity contribution < 1.29 is 21.9 Å². The second-order valence-corrected chi connectivity index (χ2v) is 12.3. The van der Waals surface area contributed by atoms with Gasteiger partial charge in [0.25, 0.3) is 10.0 Å². The lowest BCUT2D eigenvalue weighted by Gasteiger charge is -2.36. The minimum atomic E-state index is -4.06. The Balaban J connectivity index is 1.98. The first-order valence-corrected chi connectivity index (χ1v) is 13.8. The zero-order chi connectivity index (χ0) is 23.5. The zero-order valence-corrected chi connectivity index (χ0v) is 20.4. The molecule has 0 amide bonds. The van der Waals surface area contributed by atoms with Gasteiger partial charge in [0, 0.05) is 12.6 Å². The number of sulfonamides is 2.